The molecule has 0 aromatic heterocycles. The summed E-state index contributed by atoms with van der Waals surface area (Å²) in [5.74, 6) is -0.127. The molecule has 0 bridgehead atoms. The monoisotopic (exact) mass is 219 g/mol. The van der Waals surface area contributed by atoms with Crippen LogP contribution < -0.4 is 5.32 Å². The van der Waals surface area contributed by atoms with Gasteiger partial charge in [0.25, 0.3) is 0 Å². The van der Waals surface area contributed by atoms with Crippen molar-refractivity contribution in [2.75, 3.05) is 6.54 Å². The normalized spacial score (nSPS) is 19.7. The summed E-state index contributed by atoms with van der Waals surface area (Å²) in [6, 6.07) is 7.94. The molecule has 1 aromatic rings. The molecule has 0 spiro atoms. The van der Waals surface area contributed by atoms with E-state index >= 15 is 0 Å². The van der Waals surface area contributed by atoms with Crippen molar-refractivity contribution in [1.82, 2.24) is 5.32 Å². The zero-order chi connectivity index (χ0) is 11.4. The largest absolute Gasteiger partial charge is 0.460 e. The summed E-state index contributed by atoms with van der Waals surface area (Å²) in [7, 11) is 0. The molecule has 2 rings (SSSR count). The van der Waals surface area contributed by atoms with Crippen LogP contribution in [0.4, 0.5) is 0 Å². The van der Waals surface area contributed by atoms with Gasteiger partial charge in [0.2, 0.25) is 0 Å². The molecule has 0 saturated carbocycles. The number of carbonyl (C=O) groups is 1. The van der Waals surface area contributed by atoms with Gasteiger partial charge < -0.3 is 10.1 Å². The number of esters is 1. The molecule has 1 heterocycles. The maximum Gasteiger partial charge on any atom is 0.323 e. The van der Waals surface area contributed by atoms with Crippen molar-refractivity contribution in [2.45, 2.75) is 32.4 Å². The number of nitrogens with one attached hydrogen (secondary N) is 1. The maximum absolute atomic E-state index is 11.6. The third-order valence-corrected chi connectivity index (χ3v) is 2.85. The van der Waals surface area contributed by atoms with E-state index in [0.29, 0.717) is 6.61 Å². The zero-order valence-electron chi connectivity index (χ0n) is 9.53. The van der Waals surface area contributed by atoms with Crippen LogP contribution in [0.2, 0.25) is 0 Å². The fourth-order valence-electron chi connectivity index (χ4n) is 1.83. The van der Waals surface area contributed by atoms with E-state index in [1.807, 2.05) is 31.2 Å². The molecular formula is C13H17NO2. The summed E-state index contributed by atoms with van der Waals surface area (Å²) >= 11 is 0. The molecule has 0 aliphatic carbocycles. The average Bonchev–Trinajstić information content (AvgIpc) is 2.81. The van der Waals surface area contributed by atoms with Gasteiger partial charge in [0.1, 0.15) is 12.6 Å². The lowest BCUT2D eigenvalue weighted by Crippen LogP contribution is -2.32. The van der Waals surface area contributed by atoms with E-state index in [0.717, 1.165) is 24.9 Å². The van der Waals surface area contributed by atoms with Crippen LogP contribution in [0.25, 0.3) is 0 Å². The number of hydrogen-bond donors (Lipinski definition) is 1. The van der Waals surface area contributed by atoms with Crippen molar-refractivity contribution in [2.24, 2.45) is 0 Å². The number of benzene rings is 1. The average molecular weight is 219 g/mol. The fraction of sp³-hybridized carbons (Fsp3) is 0.462. The van der Waals surface area contributed by atoms with Crippen molar-refractivity contribution in [3.05, 3.63) is 35.4 Å². The van der Waals surface area contributed by atoms with Crippen LogP contribution in [0.3, 0.4) is 0 Å². The second-order valence-electron chi connectivity index (χ2n) is 4.24. The van der Waals surface area contributed by atoms with Crippen LogP contribution in [0.1, 0.15) is 24.0 Å². The molecule has 1 fully saturated rings. The fourth-order valence-corrected chi connectivity index (χ4v) is 1.83. The highest BCUT2D eigenvalue weighted by molar-refractivity contribution is 5.76. The molecule has 1 aromatic carbocycles. The van der Waals surface area contributed by atoms with E-state index in [9.17, 15) is 4.79 Å². The van der Waals surface area contributed by atoms with E-state index in [4.69, 9.17) is 4.74 Å². The number of carbonyl (C=O) groups excluding carboxylic acids is 1. The molecule has 86 valence electrons. The van der Waals surface area contributed by atoms with Gasteiger partial charge in [-0.25, -0.2) is 0 Å². The Kier molecular flexibility index (Phi) is 3.57. The lowest BCUT2D eigenvalue weighted by molar-refractivity contribution is -0.147. The minimum Gasteiger partial charge on any atom is -0.460 e. The van der Waals surface area contributed by atoms with Gasteiger partial charge in [0.05, 0.1) is 0 Å². The maximum atomic E-state index is 11.6. The third-order valence-electron chi connectivity index (χ3n) is 2.85. The van der Waals surface area contributed by atoms with Crippen LogP contribution in [0.5, 0.6) is 0 Å². The first kappa shape index (κ1) is 11.1. The Morgan fingerprint density at radius 1 is 1.44 bits per heavy atom. The Labute approximate surface area is 95.8 Å². The first-order valence-corrected chi connectivity index (χ1v) is 5.71. The summed E-state index contributed by atoms with van der Waals surface area (Å²) in [5.41, 5.74) is 2.25. The first-order valence-electron chi connectivity index (χ1n) is 5.71. The Balaban J connectivity index is 1.82. The molecule has 0 amide bonds. The van der Waals surface area contributed by atoms with Gasteiger partial charge in [0.15, 0.2) is 0 Å². The highest BCUT2D eigenvalue weighted by Gasteiger charge is 2.23. The van der Waals surface area contributed by atoms with E-state index in [-0.39, 0.29) is 12.0 Å². The van der Waals surface area contributed by atoms with E-state index in [2.05, 4.69) is 5.32 Å². The minimum absolute atomic E-state index is 0.0922. The summed E-state index contributed by atoms with van der Waals surface area (Å²) in [6.45, 7) is 3.33. The summed E-state index contributed by atoms with van der Waals surface area (Å²) in [6.07, 6.45) is 1.96. The molecule has 1 atom stereocenters. The molecule has 16 heavy (non-hydrogen) atoms. The second-order valence-corrected chi connectivity index (χ2v) is 4.24. The summed E-state index contributed by atoms with van der Waals surface area (Å²) in [5, 5.41) is 3.13. The molecule has 1 saturated heterocycles. The molecule has 1 aliphatic rings. The van der Waals surface area contributed by atoms with Gasteiger partial charge in [-0.05, 0) is 31.9 Å². The molecule has 3 nitrogen and oxygen atoms in total. The lowest BCUT2D eigenvalue weighted by atomic mass is 10.2. The highest BCUT2D eigenvalue weighted by Crippen LogP contribution is 2.09. The van der Waals surface area contributed by atoms with Crippen LogP contribution in [0.15, 0.2) is 24.3 Å². The standard InChI is InChI=1S/C13H17NO2/c1-10-4-6-11(7-5-10)9-16-13(15)12-3-2-8-14-12/h4-7,12,14H,2-3,8-9H2,1H3/t12-/m0/s1. The third kappa shape index (κ3) is 2.83. The predicted molar refractivity (Wildman–Crippen MR) is 62.0 cm³/mol. The molecule has 0 unspecified atom stereocenters. The number of hydrogen-bond acceptors (Lipinski definition) is 3. The molecule has 3 heteroatoms. The van der Waals surface area contributed by atoms with Crippen molar-refractivity contribution >= 4 is 5.97 Å². The number of ether oxygens (including phenoxy) is 1. The van der Waals surface area contributed by atoms with Gasteiger partial charge in [-0.15, -0.1) is 0 Å². The van der Waals surface area contributed by atoms with Gasteiger partial charge >= 0.3 is 5.97 Å². The van der Waals surface area contributed by atoms with E-state index in [1.165, 1.54) is 5.56 Å². The van der Waals surface area contributed by atoms with E-state index in [1.54, 1.807) is 0 Å². The smallest absolute Gasteiger partial charge is 0.323 e. The molecule has 1 N–H and O–H groups in total. The van der Waals surface area contributed by atoms with Crippen LogP contribution in [-0.4, -0.2) is 18.6 Å². The molecular weight excluding hydrogens is 202 g/mol. The van der Waals surface area contributed by atoms with Crippen molar-refractivity contribution in [1.29, 1.82) is 0 Å². The molecule has 1 aliphatic heterocycles. The van der Waals surface area contributed by atoms with Crippen molar-refractivity contribution in [3.8, 4) is 0 Å². The second kappa shape index (κ2) is 5.12. The Hall–Kier alpha value is -1.35. The first-order chi connectivity index (χ1) is 7.75. The Bertz CT molecular complexity index is 353. The van der Waals surface area contributed by atoms with Gasteiger partial charge in [-0.1, -0.05) is 29.8 Å². The van der Waals surface area contributed by atoms with Crippen LogP contribution in [0, 0.1) is 6.92 Å². The van der Waals surface area contributed by atoms with Crippen molar-refractivity contribution < 1.29 is 9.53 Å². The summed E-state index contributed by atoms with van der Waals surface area (Å²) in [4.78, 5) is 11.6. The van der Waals surface area contributed by atoms with Gasteiger partial charge in [0, 0.05) is 0 Å². The Morgan fingerprint density at radius 3 is 2.81 bits per heavy atom. The lowest BCUT2D eigenvalue weighted by Gasteiger charge is -2.10. The SMILES string of the molecule is Cc1ccc(COC(=O)[C@@H]2CCCN2)cc1. The predicted octanol–water partition coefficient (Wildman–Crippen LogP) is 1.79. The van der Waals surface area contributed by atoms with Crippen LogP contribution in [-0.2, 0) is 16.1 Å². The Morgan fingerprint density at radius 2 is 2.19 bits per heavy atom. The number of aryl methyl sites for hydroxylation is 1. The van der Waals surface area contributed by atoms with Gasteiger partial charge in [-0.2, -0.15) is 0 Å². The number of rotatable bonds is 3. The summed E-state index contributed by atoms with van der Waals surface area (Å²) < 4.78 is 5.25. The van der Waals surface area contributed by atoms with E-state index < -0.39 is 0 Å². The topological polar surface area (TPSA) is 38.3 Å². The van der Waals surface area contributed by atoms with Gasteiger partial charge in [-0.3, -0.25) is 4.79 Å². The van der Waals surface area contributed by atoms with Crippen LogP contribution >= 0.6 is 0 Å². The van der Waals surface area contributed by atoms with Crippen molar-refractivity contribution in [3.63, 3.8) is 0 Å². The molecule has 0 radical (unpaired) electrons. The minimum atomic E-state index is -0.127. The highest BCUT2D eigenvalue weighted by atomic mass is 16.5. The zero-order valence-corrected chi connectivity index (χ0v) is 9.53. The quantitative estimate of drug-likeness (QED) is 0.788.